The molecule has 1 rings (SSSR count). The van der Waals surface area contributed by atoms with Crippen LogP contribution in [-0.4, -0.2) is 29.1 Å². The van der Waals surface area contributed by atoms with Gasteiger partial charge in [-0.3, -0.25) is 14.9 Å². The van der Waals surface area contributed by atoms with Crippen molar-refractivity contribution in [2.75, 3.05) is 0 Å². The van der Waals surface area contributed by atoms with Crippen LogP contribution in [0.25, 0.3) is 0 Å². The summed E-state index contributed by atoms with van der Waals surface area (Å²) in [7, 11) is 0. The van der Waals surface area contributed by atoms with E-state index in [2.05, 4.69) is 10.6 Å². The predicted molar refractivity (Wildman–Crippen MR) is 69.5 cm³/mol. The number of rotatable bonds is 8. The molecule has 1 heterocycles. The average Bonchev–Trinajstić information content (AvgIpc) is 2.88. The summed E-state index contributed by atoms with van der Waals surface area (Å²) in [5.41, 5.74) is 0. The van der Waals surface area contributed by atoms with Crippen molar-refractivity contribution in [2.45, 2.75) is 45.3 Å². The van der Waals surface area contributed by atoms with Gasteiger partial charge >= 0.3 is 5.97 Å². The summed E-state index contributed by atoms with van der Waals surface area (Å²) < 4.78 is 5.09. The van der Waals surface area contributed by atoms with E-state index in [0.29, 0.717) is 18.7 Å². The van der Waals surface area contributed by atoms with Crippen molar-refractivity contribution >= 4 is 11.9 Å². The lowest BCUT2D eigenvalue weighted by Crippen LogP contribution is -2.49. The summed E-state index contributed by atoms with van der Waals surface area (Å²) in [5.74, 6) is -0.532. The normalized spacial score (nSPS) is 13.8. The molecule has 0 saturated heterocycles. The molecule has 0 bridgehead atoms. The molecule has 3 N–H and O–H groups in total. The number of amides is 1. The van der Waals surface area contributed by atoms with Gasteiger partial charge in [0.1, 0.15) is 11.8 Å². The molecule has 1 aromatic heterocycles. The fraction of sp³-hybridized carbons (Fsp3) is 0.538. The number of carbonyl (C=O) groups is 2. The average molecular weight is 268 g/mol. The Kier molecular flexibility index (Phi) is 6.08. The lowest BCUT2D eigenvalue weighted by molar-refractivity contribution is -0.140. The van der Waals surface area contributed by atoms with E-state index in [1.807, 2.05) is 6.92 Å². The summed E-state index contributed by atoms with van der Waals surface area (Å²) in [6.45, 7) is 3.84. The number of nitrogens with one attached hydrogen (secondary N) is 2. The summed E-state index contributed by atoms with van der Waals surface area (Å²) >= 11 is 0. The molecule has 0 aliphatic carbocycles. The summed E-state index contributed by atoms with van der Waals surface area (Å²) in [6.07, 6.45) is 2.76. The van der Waals surface area contributed by atoms with Crippen LogP contribution >= 0.6 is 0 Å². The molecule has 0 fully saturated rings. The van der Waals surface area contributed by atoms with E-state index < -0.39 is 18.1 Å². The van der Waals surface area contributed by atoms with E-state index in [9.17, 15) is 9.59 Å². The van der Waals surface area contributed by atoms with Gasteiger partial charge in [0.25, 0.3) is 0 Å². The topological polar surface area (TPSA) is 91.6 Å². The van der Waals surface area contributed by atoms with Crippen molar-refractivity contribution in [3.8, 4) is 0 Å². The highest BCUT2D eigenvalue weighted by molar-refractivity contribution is 5.82. The zero-order valence-corrected chi connectivity index (χ0v) is 11.2. The molecule has 19 heavy (non-hydrogen) atoms. The van der Waals surface area contributed by atoms with Gasteiger partial charge < -0.3 is 14.8 Å². The van der Waals surface area contributed by atoms with Crippen molar-refractivity contribution in [2.24, 2.45) is 0 Å². The minimum Gasteiger partial charge on any atom is -0.480 e. The third-order valence-electron chi connectivity index (χ3n) is 2.74. The lowest BCUT2D eigenvalue weighted by atomic mass is 10.1. The van der Waals surface area contributed by atoms with Gasteiger partial charge in [0, 0.05) is 0 Å². The van der Waals surface area contributed by atoms with Crippen LogP contribution in [-0.2, 0) is 16.1 Å². The Morgan fingerprint density at radius 2 is 2.21 bits per heavy atom. The van der Waals surface area contributed by atoms with Crippen molar-refractivity contribution in [1.29, 1.82) is 0 Å². The van der Waals surface area contributed by atoms with Gasteiger partial charge in [-0.1, -0.05) is 13.3 Å². The zero-order valence-electron chi connectivity index (χ0n) is 11.2. The molecule has 0 aliphatic rings. The van der Waals surface area contributed by atoms with Crippen LogP contribution in [0.5, 0.6) is 0 Å². The number of carboxylic acids is 1. The molecule has 6 heteroatoms. The minimum atomic E-state index is -0.937. The Morgan fingerprint density at radius 1 is 1.47 bits per heavy atom. The first kappa shape index (κ1) is 15.2. The van der Waals surface area contributed by atoms with E-state index >= 15 is 0 Å². The largest absolute Gasteiger partial charge is 0.480 e. The second kappa shape index (κ2) is 7.58. The number of aliphatic carboxylic acids is 1. The first-order valence-electron chi connectivity index (χ1n) is 6.33. The second-order valence-electron chi connectivity index (χ2n) is 4.37. The van der Waals surface area contributed by atoms with E-state index in [0.717, 1.165) is 6.42 Å². The molecule has 106 valence electrons. The highest BCUT2D eigenvalue weighted by atomic mass is 16.4. The zero-order chi connectivity index (χ0) is 14.3. The molecular weight excluding hydrogens is 248 g/mol. The smallest absolute Gasteiger partial charge is 0.320 e. The van der Waals surface area contributed by atoms with Crippen LogP contribution in [0.1, 0.15) is 32.4 Å². The van der Waals surface area contributed by atoms with Gasteiger partial charge in [-0.2, -0.15) is 0 Å². The van der Waals surface area contributed by atoms with Gasteiger partial charge in [-0.15, -0.1) is 0 Å². The molecule has 2 atom stereocenters. The van der Waals surface area contributed by atoms with Crippen molar-refractivity contribution in [3.05, 3.63) is 24.2 Å². The fourth-order valence-corrected chi connectivity index (χ4v) is 1.68. The van der Waals surface area contributed by atoms with Gasteiger partial charge in [-0.05, 0) is 25.5 Å². The molecule has 1 amide bonds. The number of furan rings is 1. The molecule has 0 radical (unpaired) electrons. The number of hydrogen-bond donors (Lipinski definition) is 3. The van der Waals surface area contributed by atoms with Crippen LogP contribution in [0.15, 0.2) is 22.8 Å². The number of carboxylic acid groups (broad SMARTS) is 1. The molecular formula is C13H20N2O4. The summed E-state index contributed by atoms with van der Waals surface area (Å²) in [4.78, 5) is 22.8. The van der Waals surface area contributed by atoms with Crippen LogP contribution in [0.4, 0.5) is 0 Å². The molecule has 0 saturated carbocycles. The Hall–Kier alpha value is -1.82. The molecule has 2 unspecified atom stereocenters. The molecule has 0 aliphatic heterocycles. The monoisotopic (exact) mass is 268 g/mol. The van der Waals surface area contributed by atoms with Crippen LogP contribution in [0.3, 0.4) is 0 Å². The lowest BCUT2D eigenvalue weighted by Gasteiger charge is -2.19. The van der Waals surface area contributed by atoms with E-state index in [1.165, 1.54) is 6.26 Å². The molecule has 6 nitrogen and oxygen atoms in total. The van der Waals surface area contributed by atoms with Gasteiger partial charge in [0.2, 0.25) is 5.91 Å². The van der Waals surface area contributed by atoms with Crippen molar-refractivity contribution < 1.29 is 19.1 Å². The minimum absolute atomic E-state index is 0.251. The van der Waals surface area contributed by atoms with Gasteiger partial charge in [0.15, 0.2) is 0 Å². The van der Waals surface area contributed by atoms with Gasteiger partial charge in [-0.25, -0.2) is 0 Å². The van der Waals surface area contributed by atoms with E-state index in [1.54, 1.807) is 19.1 Å². The quantitative estimate of drug-likeness (QED) is 0.657. The second-order valence-corrected chi connectivity index (χ2v) is 4.37. The molecule has 1 aromatic rings. The summed E-state index contributed by atoms with van der Waals surface area (Å²) in [6, 6.07) is 2.23. The van der Waals surface area contributed by atoms with Crippen LogP contribution in [0.2, 0.25) is 0 Å². The Labute approximate surface area is 112 Å². The molecule has 0 aromatic carbocycles. The first-order chi connectivity index (χ1) is 9.04. The molecule has 0 spiro atoms. The SMILES string of the molecule is CCCC(NC(C)C(=O)NCc1ccco1)C(=O)O. The maximum Gasteiger partial charge on any atom is 0.320 e. The Bertz CT molecular complexity index is 403. The van der Waals surface area contributed by atoms with E-state index in [-0.39, 0.29) is 5.91 Å². The highest BCUT2D eigenvalue weighted by Gasteiger charge is 2.22. The van der Waals surface area contributed by atoms with Gasteiger partial charge in [0.05, 0.1) is 18.8 Å². The Morgan fingerprint density at radius 3 is 2.74 bits per heavy atom. The number of hydrogen-bond acceptors (Lipinski definition) is 4. The van der Waals surface area contributed by atoms with Crippen LogP contribution in [0, 0.1) is 0 Å². The maximum absolute atomic E-state index is 11.8. The Balaban J connectivity index is 2.40. The summed E-state index contributed by atoms with van der Waals surface area (Å²) in [5, 5.41) is 14.5. The predicted octanol–water partition coefficient (Wildman–Crippen LogP) is 1.13. The van der Waals surface area contributed by atoms with Crippen molar-refractivity contribution in [1.82, 2.24) is 10.6 Å². The van der Waals surface area contributed by atoms with Crippen molar-refractivity contribution in [3.63, 3.8) is 0 Å². The van der Waals surface area contributed by atoms with Crippen LogP contribution < -0.4 is 10.6 Å². The standard InChI is InChI=1S/C13H20N2O4/c1-3-5-11(13(17)18)15-9(2)12(16)14-8-10-6-4-7-19-10/h4,6-7,9,11,15H,3,5,8H2,1-2H3,(H,14,16)(H,17,18). The van der Waals surface area contributed by atoms with E-state index in [4.69, 9.17) is 9.52 Å². The third kappa shape index (κ3) is 5.13. The first-order valence-corrected chi connectivity index (χ1v) is 6.33. The number of carbonyl (C=O) groups excluding carboxylic acids is 1. The third-order valence-corrected chi connectivity index (χ3v) is 2.74. The highest BCUT2D eigenvalue weighted by Crippen LogP contribution is 2.01. The fourth-order valence-electron chi connectivity index (χ4n) is 1.68. The maximum atomic E-state index is 11.8.